The Bertz CT molecular complexity index is 480. The maximum absolute atomic E-state index is 11.8. The number of rotatable bonds is 6. The molecule has 5 heteroatoms. The van der Waals surface area contributed by atoms with Crippen LogP contribution in [0, 0.1) is 11.3 Å². The van der Waals surface area contributed by atoms with Gasteiger partial charge in [-0.1, -0.05) is 6.07 Å². The average molecular weight is 261 g/mol. The van der Waals surface area contributed by atoms with E-state index in [-0.39, 0.29) is 0 Å². The monoisotopic (exact) mass is 261 g/mol. The SMILES string of the molecule is CCOC(=O)c1cccc(N(CC)CCC#N)c1N. The first-order valence-electron chi connectivity index (χ1n) is 6.33. The summed E-state index contributed by atoms with van der Waals surface area (Å²) < 4.78 is 4.97. The maximum Gasteiger partial charge on any atom is 0.340 e. The van der Waals surface area contributed by atoms with E-state index < -0.39 is 5.97 Å². The summed E-state index contributed by atoms with van der Waals surface area (Å²) in [6.07, 6.45) is 0.414. The number of carbonyl (C=O) groups excluding carboxylic acids is 1. The molecule has 0 aromatic heterocycles. The first-order chi connectivity index (χ1) is 9.15. The van der Waals surface area contributed by atoms with Crippen molar-refractivity contribution >= 4 is 17.3 Å². The predicted octanol–water partition coefficient (Wildman–Crippen LogP) is 2.19. The van der Waals surface area contributed by atoms with Gasteiger partial charge in [-0.2, -0.15) is 5.26 Å². The lowest BCUT2D eigenvalue weighted by molar-refractivity contribution is 0.0527. The Morgan fingerprint density at radius 3 is 2.79 bits per heavy atom. The summed E-state index contributed by atoms with van der Waals surface area (Å²) in [4.78, 5) is 13.7. The number of anilines is 2. The van der Waals surface area contributed by atoms with Crippen LogP contribution in [0.1, 0.15) is 30.6 Å². The molecule has 1 rings (SSSR count). The summed E-state index contributed by atoms with van der Waals surface area (Å²) in [7, 11) is 0. The van der Waals surface area contributed by atoms with Gasteiger partial charge in [-0.15, -0.1) is 0 Å². The number of nitrogens with two attached hydrogens (primary N) is 1. The standard InChI is InChI=1S/C14H19N3O2/c1-3-17(10-6-9-15)12-8-5-7-11(13(12)16)14(18)19-4-2/h5,7-8H,3-4,6,10,16H2,1-2H3. The highest BCUT2D eigenvalue weighted by Gasteiger charge is 2.16. The molecule has 0 fully saturated rings. The van der Waals surface area contributed by atoms with Crippen molar-refractivity contribution in [1.29, 1.82) is 5.26 Å². The largest absolute Gasteiger partial charge is 0.462 e. The van der Waals surface area contributed by atoms with Crippen LogP contribution in [0.4, 0.5) is 11.4 Å². The number of nitrogens with zero attached hydrogens (tertiary/aromatic N) is 2. The number of carbonyl (C=O) groups is 1. The van der Waals surface area contributed by atoms with Crippen molar-refractivity contribution in [2.24, 2.45) is 0 Å². The molecule has 0 unspecified atom stereocenters. The minimum atomic E-state index is -0.418. The fourth-order valence-electron chi connectivity index (χ4n) is 1.85. The van der Waals surface area contributed by atoms with Crippen LogP contribution in [0.5, 0.6) is 0 Å². The van der Waals surface area contributed by atoms with Gasteiger partial charge in [-0.3, -0.25) is 0 Å². The Hall–Kier alpha value is -2.22. The number of hydrogen-bond acceptors (Lipinski definition) is 5. The zero-order valence-corrected chi connectivity index (χ0v) is 11.3. The van der Waals surface area contributed by atoms with Gasteiger partial charge in [-0.25, -0.2) is 4.79 Å². The summed E-state index contributed by atoms with van der Waals surface area (Å²) in [6, 6.07) is 7.37. The Labute approximate surface area is 113 Å². The number of nitrogen functional groups attached to an aromatic ring is 1. The molecule has 2 N–H and O–H groups in total. The summed E-state index contributed by atoms with van der Waals surface area (Å²) in [5.74, 6) is -0.418. The lowest BCUT2D eigenvalue weighted by Crippen LogP contribution is -2.25. The van der Waals surface area contributed by atoms with E-state index in [0.717, 1.165) is 12.2 Å². The second-order valence-electron chi connectivity index (χ2n) is 3.95. The molecule has 0 aliphatic heterocycles. The predicted molar refractivity (Wildman–Crippen MR) is 74.9 cm³/mol. The Morgan fingerprint density at radius 2 is 2.21 bits per heavy atom. The van der Waals surface area contributed by atoms with Crippen molar-refractivity contribution in [1.82, 2.24) is 0 Å². The minimum Gasteiger partial charge on any atom is -0.462 e. The molecule has 0 heterocycles. The van der Waals surface area contributed by atoms with Gasteiger partial charge in [0.15, 0.2) is 0 Å². The molecule has 1 aromatic rings. The molecule has 0 saturated carbocycles. The molecular weight excluding hydrogens is 242 g/mol. The van der Waals surface area contributed by atoms with Crippen LogP contribution in [0.15, 0.2) is 18.2 Å². The average Bonchev–Trinajstić information content (AvgIpc) is 2.41. The highest BCUT2D eigenvalue weighted by molar-refractivity contribution is 5.98. The molecule has 1 aromatic carbocycles. The zero-order valence-electron chi connectivity index (χ0n) is 11.3. The van der Waals surface area contributed by atoms with E-state index in [1.807, 2.05) is 17.9 Å². The number of benzene rings is 1. The van der Waals surface area contributed by atoms with E-state index in [1.165, 1.54) is 0 Å². The van der Waals surface area contributed by atoms with Crippen LogP contribution in [0.2, 0.25) is 0 Å². The van der Waals surface area contributed by atoms with Gasteiger partial charge < -0.3 is 15.4 Å². The van der Waals surface area contributed by atoms with Crippen molar-refractivity contribution in [2.45, 2.75) is 20.3 Å². The van der Waals surface area contributed by atoms with Gasteiger partial charge in [-0.05, 0) is 26.0 Å². The number of ether oxygens (including phenoxy) is 1. The van der Waals surface area contributed by atoms with Crippen LogP contribution >= 0.6 is 0 Å². The van der Waals surface area contributed by atoms with Gasteiger partial charge in [0.1, 0.15) is 0 Å². The number of nitriles is 1. The molecule has 0 radical (unpaired) electrons. The Kier molecular flexibility index (Phi) is 5.68. The normalized spacial score (nSPS) is 9.74. The van der Waals surface area contributed by atoms with E-state index in [4.69, 9.17) is 15.7 Å². The number of para-hydroxylation sites is 1. The van der Waals surface area contributed by atoms with Gasteiger partial charge >= 0.3 is 5.97 Å². The van der Waals surface area contributed by atoms with E-state index in [0.29, 0.717) is 30.8 Å². The minimum absolute atomic E-state index is 0.314. The number of hydrogen-bond donors (Lipinski definition) is 1. The molecular formula is C14H19N3O2. The third kappa shape index (κ3) is 3.62. The van der Waals surface area contributed by atoms with Gasteiger partial charge in [0.05, 0.1) is 36.0 Å². The molecule has 0 bridgehead atoms. The summed E-state index contributed by atoms with van der Waals surface area (Å²) >= 11 is 0. The third-order valence-electron chi connectivity index (χ3n) is 2.79. The Morgan fingerprint density at radius 1 is 1.47 bits per heavy atom. The molecule has 0 aliphatic carbocycles. The van der Waals surface area contributed by atoms with E-state index in [9.17, 15) is 4.79 Å². The third-order valence-corrected chi connectivity index (χ3v) is 2.79. The van der Waals surface area contributed by atoms with Crippen molar-refractivity contribution < 1.29 is 9.53 Å². The fourth-order valence-corrected chi connectivity index (χ4v) is 1.85. The molecule has 19 heavy (non-hydrogen) atoms. The van der Waals surface area contributed by atoms with Crippen molar-refractivity contribution in [3.05, 3.63) is 23.8 Å². The lowest BCUT2D eigenvalue weighted by Gasteiger charge is -2.24. The van der Waals surface area contributed by atoms with Crippen molar-refractivity contribution in [3.63, 3.8) is 0 Å². The van der Waals surface area contributed by atoms with Crippen molar-refractivity contribution in [3.8, 4) is 6.07 Å². The lowest BCUT2D eigenvalue weighted by atomic mass is 10.1. The second kappa shape index (κ2) is 7.27. The second-order valence-corrected chi connectivity index (χ2v) is 3.95. The highest BCUT2D eigenvalue weighted by Crippen LogP contribution is 2.27. The number of esters is 1. The highest BCUT2D eigenvalue weighted by atomic mass is 16.5. The molecule has 102 valence electrons. The molecule has 0 spiro atoms. The first kappa shape index (κ1) is 14.8. The summed E-state index contributed by atoms with van der Waals surface area (Å²) in [5, 5.41) is 8.66. The molecule has 0 aliphatic rings. The molecule has 0 amide bonds. The molecule has 0 saturated heterocycles. The van der Waals surface area contributed by atoms with Crippen LogP contribution in [0.25, 0.3) is 0 Å². The zero-order chi connectivity index (χ0) is 14.3. The smallest absolute Gasteiger partial charge is 0.340 e. The first-order valence-corrected chi connectivity index (χ1v) is 6.33. The van der Waals surface area contributed by atoms with Crippen LogP contribution in [-0.2, 0) is 4.74 Å². The van der Waals surface area contributed by atoms with Crippen LogP contribution in [-0.4, -0.2) is 25.7 Å². The molecule has 5 nitrogen and oxygen atoms in total. The summed E-state index contributed by atoms with van der Waals surface area (Å²) in [5.41, 5.74) is 7.58. The Balaban J connectivity index is 3.05. The topological polar surface area (TPSA) is 79.3 Å². The fraction of sp³-hybridized carbons (Fsp3) is 0.429. The van der Waals surface area contributed by atoms with Gasteiger partial charge in [0, 0.05) is 13.1 Å². The van der Waals surface area contributed by atoms with Gasteiger partial charge in [0.2, 0.25) is 0 Å². The van der Waals surface area contributed by atoms with Gasteiger partial charge in [0.25, 0.3) is 0 Å². The van der Waals surface area contributed by atoms with Crippen molar-refractivity contribution in [2.75, 3.05) is 30.3 Å². The van der Waals surface area contributed by atoms with E-state index in [2.05, 4.69) is 6.07 Å². The molecule has 0 atom stereocenters. The quantitative estimate of drug-likeness (QED) is 0.627. The maximum atomic E-state index is 11.8. The summed E-state index contributed by atoms with van der Waals surface area (Å²) in [6.45, 7) is 5.35. The van der Waals surface area contributed by atoms with E-state index in [1.54, 1.807) is 19.1 Å². The van der Waals surface area contributed by atoms with Crippen LogP contribution in [0.3, 0.4) is 0 Å². The van der Waals surface area contributed by atoms with Crippen LogP contribution < -0.4 is 10.6 Å². The van der Waals surface area contributed by atoms with E-state index >= 15 is 0 Å².